The van der Waals surface area contributed by atoms with Gasteiger partial charge in [0.1, 0.15) is 0 Å². The summed E-state index contributed by atoms with van der Waals surface area (Å²) in [6.45, 7) is 1.46. The van der Waals surface area contributed by atoms with Crippen molar-refractivity contribution in [2.45, 2.75) is 11.8 Å². The maximum absolute atomic E-state index is 12.6. The van der Waals surface area contributed by atoms with Gasteiger partial charge in [0, 0.05) is 17.5 Å². The largest absolute Gasteiger partial charge is 0.493 e. The smallest absolute Gasteiger partial charge is 0.251 e. The molecule has 1 N–H and O–H groups in total. The molecule has 2 aromatic carbocycles. The minimum atomic E-state index is -0.311. The van der Waals surface area contributed by atoms with Crippen LogP contribution in [0.5, 0.6) is 11.5 Å². The third-order valence-electron chi connectivity index (χ3n) is 5.15. The lowest BCUT2D eigenvalue weighted by molar-refractivity contribution is 0.0927. The van der Waals surface area contributed by atoms with Crippen LogP contribution >= 0.6 is 0 Å². The first-order valence-electron chi connectivity index (χ1n) is 8.77. The molecule has 2 aromatic rings. The van der Waals surface area contributed by atoms with Gasteiger partial charge < -0.3 is 19.7 Å². The highest BCUT2D eigenvalue weighted by Crippen LogP contribution is 2.43. The molecule has 0 bridgehead atoms. The summed E-state index contributed by atoms with van der Waals surface area (Å²) in [6, 6.07) is 14.1. The van der Waals surface area contributed by atoms with E-state index in [0.717, 1.165) is 18.5 Å². The molecule has 5 nitrogen and oxygen atoms in total. The Kier molecular flexibility index (Phi) is 5.18. The first-order chi connectivity index (χ1) is 12.5. The minimum Gasteiger partial charge on any atom is -0.493 e. The number of methoxy groups -OCH3 is 2. The quantitative estimate of drug-likeness (QED) is 0.867. The van der Waals surface area contributed by atoms with Crippen LogP contribution in [-0.4, -0.2) is 52.2 Å². The fourth-order valence-electron chi connectivity index (χ4n) is 3.68. The summed E-state index contributed by atoms with van der Waals surface area (Å²) in [5.41, 5.74) is 2.52. The van der Waals surface area contributed by atoms with E-state index >= 15 is 0 Å². The van der Waals surface area contributed by atoms with Crippen molar-refractivity contribution < 1.29 is 14.3 Å². The van der Waals surface area contributed by atoms with Crippen LogP contribution in [0.3, 0.4) is 0 Å². The van der Waals surface area contributed by atoms with Gasteiger partial charge in [-0.3, -0.25) is 4.79 Å². The van der Waals surface area contributed by atoms with E-state index in [1.165, 1.54) is 5.56 Å². The number of amides is 1. The van der Waals surface area contributed by atoms with Crippen LogP contribution in [0.4, 0.5) is 0 Å². The summed E-state index contributed by atoms with van der Waals surface area (Å²) in [4.78, 5) is 14.8. The van der Waals surface area contributed by atoms with E-state index < -0.39 is 0 Å². The van der Waals surface area contributed by atoms with Gasteiger partial charge in [0.2, 0.25) is 0 Å². The number of carbonyl (C=O) groups excluding carboxylic acids is 1. The summed E-state index contributed by atoms with van der Waals surface area (Å²) < 4.78 is 10.9. The van der Waals surface area contributed by atoms with Gasteiger partial charge in [-0.2, -0.15) is 0 Å². The molecule has 3 rings (SSSR count). The van der Waals surface area contributed by atoms with Gasteiger partial charge in [-0.05, 0) is 50.3 Å². The SMILES string of the molecule is COc1cc2c(cc1OC)C(CCN(C)C)(c1ccccc1)CNC2=O. The molecule has 1 amide bonds. The normalized spacial score (nSPS) is 19.0. The minimum absolute atomic E-state index is 0.0719. The van der Waals surface area contributed by atoms with Crippen molar-refractivity contribution in [2.75, 3.05) is 41.4 Å². The molecule has 26 heavy (non-hydrogen) atoms. The van der Waals surface area contributed by atoms with Crippen LogP contribution in [0.1, 0.15) is 27.9 Å². The zero-order valence-corrected chi connectivity index (χ0v) is 15.8. The molecule has 0 saturated carbocycles. The van der Waals surface area contributed by atoms with E-state index in [1.807, 2.05) is 24.3 Å². The molecule has 0 aliphatic carbocycles. The fourth-order valence-corrected chi connectivity index (χ4v) is 3.68. The molecule has 0 radical (unpaired) electrons. The predicted molar refractivity (Wildman–Crippen MR) is 102 cm³/mol. The molecule has 1 unspecified atom stereocenters. The zero-order chi connectivity index (χ0) is 18.7. The summed E-state index contributed by atoms with van der Waals surface area (Å²) in [5.74, 6) is 1.14. The highest BCUT2D eigenvalue weighted by atomic mass is 16.5. The van der Waals surface area contributed by atoms with E-state index in [-0.39, 0.29) is 11.3 Å². The second-order valence-corrected chi connectivity index (χ2v) is 6.94. The second kappa shape index (κ2) is 7.38. The third kappa shape index (κ3) is 3.15. The fraction of sp³-hybridized carbons (Fsp3) is 0.381. The first kappa shape index (κ1) is 18.3. The van der Waals surface area contributed by atoms with Crippen molar-refractivity contribution in [2.24, 2.45) is 0 Å². The number of nitrogens with zero attached hydrogens (tertiary/aromatic N) is 1. The predicted octanol–water partition coefficient (Wildman–Crippen LogP) is 2.69. The van der Waals surface area contributed by atoms with Crippen molar-refractivity contribution >= 4 is 5.91 Å². The molecule has 1 aliphatic heterocycles. The topological polar surface area (TPSA) is 50.8 Å². The van der Waals surface area contributed by atoms with Gasteiger partial charge in [0.25, 0.3) is 5.91 Å². The van der Waals surface area contributed by atoms with E-state index in [2.05, 4.69) is 36.4 Å². The summed E-state index contributed by atoms with van der Waals surface area (Å²) in [7, 11) is 7.34. The van der Waals surface area contributed by atoms with Crippen LogP contribution in [0.25, 0.3) is 0 Å². The Labute approximate surface area is 154 Å². The highest BCUT2D eigenvalue weighted by molar-refractivity contribution is 5.98. The molecule has 138 valence electrons. The molecule has 1 heterocycles. The average molecular weight is 354 g/mol. The van der Waals surface area contributed by atoms with Crippen LogP contribution in [0.2, 0.25) is 0 Å². The van der Waals surface area contributed by atoms with Crippen molar-refractivity contribution in [1.82, 2.24) is 10.2 Å². The number of carbonyl (C=O) groups is 1. The lowest BCUT2D eigenvalue weighted by Crippen LogP contribution is -2.48. The standard InChI is InChI=1S/C21H26N2O3/c1-23(2)11-10-21(15-8-6-5-7-9-15)14-22-20(24)16-12-18(25-3)19(26-4)13-17(16)21/h5-9,12-13H,10-11,14H2,1-4H3,(H,22,24). The zero-order valence-electron chi connectivity index (χ0n) is 15.8. The van der Waals surface area contributed by atoms with Gasteiger partial charge in [0.05, 0.1) is 14.2 Å². The Hall–Kier alpha value is -2.53. The lowest BCUT2D eigenvalue weighted by Gasteiger charge is -2.40. The number of nitrogens with one attached hydrogen (secondary N) is 1. The van der Waals surface area contributed by atoms with E-state index in [4.69, 9.17) is 9.47 Å². The number of ether oxygens (including phenoxy) is 2. The Morgan fingerprint density at radius 3 is 2.35 bits per heavy atom. The molecule has 1 aliphatic rings. The van der Waals surface area contributed by atoms with Gasteiger partial charge in [0.15, 0.2) is 11.5 Å². The molecule has 5 heteroatoms. The molecule has 1 atom stereocenters. The Balaban J connectivity index is 2.23. The van der Waals surface area contributed by atoms with Crippen molar-refractivity contribution in [3.8, 4) is 11.5 Å². The van der Waals surface area contributed by atoms with Crippen molar-refractivity contribution in [3.05, 3.63) is 59.2 Å². The average Bonchev–Trinajstić information content (AvgIpc) is 2.67. The highest BCUT2D eigenvalue weighted by Gasteiger charge is 2.41. The first-order valence-corrected chi connectivity index (χ1v) is 8.77. The third-order valence-corrected chi connectivity index (χ3v) is 5.15. The Morgan fingerprint density at radius 1 is 1.08 bits per heavy atom. The van der Waals surface area contributed by atoms with Crippen LogP contribution < -0.4 is 14.8 Å². The van der Waals surface area contributed by atoms with Crippen molar-refractivity contribution in [1.29, 1.82) is 0 Å². The van der Waals surface area contributed by atoms with Gasteiger partial charge in [-0.25, -0.2) is 0 Å². The number of hydrogen-bond acceptors (Lipinski definition) is 4. The molecule has 0 spiro atoms. The van der Waals surface area contributed by atoms with Gasteiger partial charge in [-0.15, -0.1) is 0 Å². The maximum atomic E-state index is 12.6. The number of benzene rings is 2. The van der Waals surface area contributed by atoms with Crippen LogP contribution in [0, 0.1) is 0 Å². The number of rotatable bonds is 6. The maximum Gasteiger partial charge on any atom is 0.251 e. The molecule has 0 fully saturated rings. The van der Waals surface area contributed by atoms with Crippen molar-refractivity contribution in [3.63, 3.8) is 0 Å². The van der Waals surface area contributed by atoms with Gasteiger partial charge in [-0.1, -0.05) is 30.3 Å². The molecular weight excluding hydrogens is 328 g/mol. The summed E-state index contributed by atoms with van der Waals surface area (Å²) >= 11 is 0. The number of fused-ring (bicyclic) bond motifs is 1. The lowest BCUT2D eigenvalue weighted by atomic mass is 9.68. The Morgan fingerprint density at radius 2 is 1.73 bits per heavy atom. The summed E-state index contributed by atoms with van der Waals surface area (Å²) in [5, 5.41) is 3.09. The van der Waals surface area contributed by atoms with E-state index in [9.17, 15) is 4.79 Å². The van der Waals surface area contributed by atoms with Gasteiger partial charge >= 0.3 is 0 Å². The number of hydrogen-bond donors (Lipinski definition) is 1. The van der Waals surface area contributed by atoms with E-state index in [0.29, 0.717) is 23.6 Å². The van der Waals surface area contributed by atoms with Crippen LogP contribution in [0.15, 0.2) is 42.5 Å². The second-order valence-electron chi connectivity index (χ2n) is 6.94. The summed E-state index contributed by atoms with van der Waals surface area (Å²) in [6.07, 6.45) is 0.882. The Bertz CT molecular complexity index is 789. The molecular formula is C21H26N2O3. The van der Waals surface area contributed by atoms with E-state index in [1.54, 1.807) is 20.3 Å². The van der Waals surface area contributed by atoms with Crippen LogP contribution in [-0.2, 0) is 5.41 Å². The molecule has 0 aromatic heterocycles. The monoisotopic (exact) mass is 354 g/mol. The molecule has 0 saturated heterocycles.